The van der Waals surface area contributed by atoms with Gasteiger partial charge in [0.1, 0.15) is 11.5 Å². The molecule has 0 unspecified atom stereocenters. The minimum Gasteiger partial charge on any atom is -0.378 e. The lowest BCUT2D eigenvalue weighted by atomic mass is 10.2. The maximum absolute atomic E-state index is 13.1. The highest BCUT2D eigenvalue weighted by Crippen LogP contribution is 2.17. The summed E-state index contributed by atoms with van der Waals surface area (Å²) < 4.78 is 19.0. The zero-order valence-electron chi connectivity index (χ0n) is 12.6. The fourth-order valence-corrected chi connectivity index (χ4v) is 1.97. The average molecular weight is 328 g/mol. The summed E-state index contributed by atoms with van der Waals surface area (Å²) >= 11 is 0. The van der Waals surface area contributed by atoms with Crippen LogP contribution in [0, 0.1) is 12.7 Å². The number of halogens is 1. The summed E-state index contributed by atoms with van der Waals surface area (Å²) in [6.45, 7) is 5.60. The molecule has 2 aromatic heterocycles. The van der Waals surface area contributed by atoms with Gasteiger partial charge >= 0.3 is 0 Å². The number of nitrogen functional groups attached to an aromatic ring is 1. The smallest absolute Gasteiger partial charge is 0.243 e. The van der Waals surface area contributed by atoms with Crippen LogP contribution in [0.2, 0.25) is 0 Å². The minimum absolute atomic E-state index is 0.0947. The number of hydrogen-bond acceptors (Lipinski definition) is 8. The number of nitrogens with one attached hydrogen (secondary N) is 1. The first-order chi connectivity index (χ1) is 11.6. The molecule has 24 heavy (non-hydrogen) atoms. The van der Waals surface area contributed by atoms with E-state index >= 15 is 0 Å². The summed E-state index contributed by atoms with van der Waals surface area (Å²) in [6, 6.07) is 6.03. The van der Waals surface area contributed by atoms with Crippen LogP contribution in [0.5, 0.6) is 0 Å². The maximum atomic E-state index is 13.1. The van der Waals surface area contributed by atoms with Crippen molar-refractivity contribution in [3.63, 3.8) is 0 Å². The number of benzene rings is 1. The molecule has 0 bridgehead atoms. The van der Waals surface area contributed by atoms with Crippen LogP contribution in [0.1, 0.15) is 17.0 Å². The van der Waals surface area contributed by atoms with Gasteiger partial charge in [0.25, 0.3) is 0 Å². The van der Waals surface area contributed by atoms with Crippen LogP contribution in [-0.2, 0) is 0 Å². The molecule has 0 saturated heterocycles. The third kappa shape index (κ3) is 2.97. The van der Waals surface area contributed by atoms with Crippen molar-refractivity contribution >= 4 is 17.7 Å². The lowest BCUT2D eigenvalue weighted by Crippen LogP contribution is -2.07. The van der Waals surface area contributed by atoms with E-state index in [0.717, 1.165) is 0 Å². The average Bonchev–Trinajstić information content (AvgIpc) is 3.13. The largest absolute Gasteiger partial charge is 0.378 e. The highest BCUT2D eigenvalue weighted by atomic mass is 19.1. The first-order valence-electron chi connectivity index (χ1n) is 6.81. The summed E-state index contributed by atoms with van der Waals surface area (Å²) in [6.07, 6.45) is 1.47. The Bertz CT molecular complexity index is 913. The van der Waals surface area contributed by atoms with Gasteiger partial charge in [0.05, 0.1) is 17.6 Å². The molecule has 3 aromatic rings. The summed E-state index contributed by atoms with van der Waals surface area (Å²) in [5, 5.41) is 19.1. The van der Waals surface area contributed by atoms with Crippen molar-refractivity contribution in [3.05, 3.63) is 53.6 Å². The van der Waals surface area contributed by atoms with Gasteiger partial charge in [-0.3, -0.25) is 5.43 Å². The molecule has 0 aliphatic rings. The van der Waals surface area contributed by atoms with Gasteiger partial charge in [0.2, 0.25) is 11.6 Å². The van der Waals surface area contributed by atoms with Gasteiger partial charge < -0.3 is 5.73 Å². The predicted molar refractivity (Wildman–Crippen MR) is 84.5 cm³/mol. The SMILES string of the molecule is C=C(NN=Cc1cccc(F)c1)c1nnn(-c2nonc2N)c1C. The van der Waals surface area contributed by atoms with Crippen molar-refractivity contribution in [1.29, 1.82) is 0 Å². The van der Waals surface area contributed by atoms with Crippen LogP contribution in [-0.4, -0.2) is 31.5 Å². The molecule has 10 heteroatoms. The molecule has 0 saturated carbocycles. The van der Waals surface area contributed by atoms with E-state index in [4.69, 9.17) is 5.73 Å². The Hall–Kier alpha value is -3.56. The number of hydrazone groups is 1. The summed E-state index contributed by atoms with van der Waals surface area (Å²) in [4.78, 5) is 0. The monoisotopic (exact) mass is 328 g/mol. The number of nitrogens with two attached hydrogens (primary N) is 1. The Kier molecular flexibility index (Phi) is 4.01. The van der Waals surface area contributed by atoms with E-state index in [2.05, 4.69) is 42.4 Å². The van der Waals surface area contributed by atoms with Gasteiger partial charge in [0, 0.05) is 0 Å². The van der Waals surface area contributed by atoms with Gasteiger partial charge in [-0.25, -0.2) is 9.02 Å². The van der Waals surface area contributed by atoms with Crippen molar-refractivity contribution in [1.82, 2.24) is 30.7 Å². The van der Waals surface area contributed by atoms with Crippen molar-refractivity contribution in [2.24, 2.45) is 5.10 Å². The number of hydrogen-bond donors (Lipinski definition) is 2. The lowest BCUT2D eigenvalue weighted by Gasteiger charge is -2.03. The molecule has 3 rings (SSSR count). The third-order valence-electron chi connectivity index (χ3n) is 3.14. The molecule has 0 fully saturated rings. The maximum Gasteiger partial charge on any atom is 0.243 e. The van der Waals surface area contributed by atoms with Gasteiger partial charge in [-0.15, -0.1) is 5.10 Å². The van der Waals surface area contributed by atoms with Gasteiger partial charge in [-0.2, -0.15) is 9.78 Å². The Morgan fingerprint density at radius 1 is 1.46 bits per heavy atom. The van der Waals surface area contributed by atoms with Crippen LogP contribution in [0.15, 0.2) is 40.6 Å². The van der Waals surface area contributed by atoms with E-state index in [1.54, 1.807) is 19.1 Å². The van der Waals surface area contributed by atoms with Crippen LogP contribution in [0.4, 0.5) is 10.2 Å². The number of anilines is 1. The third-order valence-corrected chi connectivity index (χ3v) is 3.14. The van der Waals surface area contributed by atoms with E-state index in [-0.39, 0.29) is 17.5 Å². The molecule has 0 spiro atoms. The van der Waals surface area contributed by atoms with E-state index < -0.39 is 0 Å². The Labute approximate surface area is 135 Å². The lowest BCUT2D eigenvalue weighted by molar-refractivity contribution is 0.306. The predicted octanol–water partition coefficient (Wildman–Crippen LogP) is 1.27. The molecular formula is C14H13FN8O. The Morgan fingerprint density at radius 3 is 3.00 bits per heavy atom. The van der Waals surface area contributed by atoms with E-state index in [9.17, 15) is 4.39 Å². The fourth-order valence-electron chi connectivity index (χ4n) is 1.97. The molecule has 0 aliphatic heterocycles. The molecule has 1 aromatic carbocycles. The highest BCUT2D eigenvalue weighted by Gasteiger charge is 2.17. The standard InChI is InChI=1S/C14H13FN8O/c1-8(18-17-7-10-4-3-5-11(15)6-10)12-9(2)23(22-19-12)14-13(16)20-24-21-14/h3-7,18H,1H2,2H3,(H2,16,20). The normalized spacial score (nSPS) is 11.1. The molecule has 0 radical (unpaired) electrons. The van der Waals surface area contributed by atoms with E-state index in [1.807, 2.05) is 0 Å². The molecule has 0 amide bonds. The number of nitrogens with zero attached hydrogens (tertiary/aromatic N) is 6. The van der Waals surface area contributed by atoms with E-state index in [1.165, 1.54) is 23.0 Å². The second-order valence-electron chi connectivity index (χ2n) is 4.81. The first kappa shape index (κ1) is 15.3. The van der Waals surface area contributed by atoms with Gasteiger partial charge in [-0.05, 0) is 34.9 Å². The van der Waals surface area contributed by atoms with Crippen LogP contribution < -0.4 is 11.2 Å². The van der Waals surface area contributed by atoms with Crippen LogP contribution >= 0.6 is 0 Å². The molecule has 0 atom stereocenters. The second kappa shape index (κ2) is 6.28. The van der Waals surface area contributed by atoms with E-state index in [0.29, 0.717) is 22.6 Å². The molecule has 9 nitrogen and oxygen atoms in total. The molecule has 122 valence electrons. The fraction of sp³-hybridized carbons (Fsp3) is 0.0714. The molecule has 0 aliphatic carbocycles. The second-order valence-corrected chi connectivity index (χ2v) is 4.81. The van der Waals surface area contributed by atoms with Crippen molar-refractivity contribution in [2.45, 2.75) is 6.92 Å². The van der Waals surface area contributed by atoms with Crippen molar-refractivity contribution in [2.75, 3.05) is 5.73 Å². The van der Waals surface area contributed by atoms with Crippen molar-refractivity contribution in [3.8, 4) is 5.82 Å². The summed E-state index contributed by atoms with van der Waals surface area (Å²) in [7, 11) is 0. The molecular weight excluding hydrogens is 315 g/mol. The zero-order chi connectivity index (χ0) is 17.1. The van der Waals surface area contributed by atoms with Gasteiger partial charge in [0.15, 0.2) is 0 Å². The Morgan fingerprint density at radius 2 is 2.29 bits per heavy atom. The summed E-state index contributed by atoms with van der Waals surface area (Å²) in [5.41, 5.74) is 10.5. The number of rotatable bonds is 5. The van der Waals surface area contributed by atoms with Crippen LogP contribution in [0.3, 0.4) is 0 Å². The summed E-state index contributed by atoms with van der Waals surface area (Å²) in [5.74, 6) is -0.00469. The van der Waals surface area contributed by atoms with Gasteiger partial charge in [-0.1, -0.05) is 23.9 Å². The topological polar surface area (TPSA) is 120 Å². The van der Waals surface area contributed by atoms with Crippen LogP contribution in [0.25, 0.3) is 11.5 Å². The first-order valence-corrected chi connectivity index (χ1v) is 6.81. The van der Waals surface area contributed by atoms with Crippen molar-refractivity contribution < 1.29 is 9.02 Å². The molecule has 3 N–H and O–H groups in total. The minimum atomic E-state index is -0.338. The quantitative estimate of drug-likeness (QED) is 0.534. The molecule has 2 heterocycles. The zero-order valence-corrected chi connectivity index (χ0v) is 12.6. The highest BCUT2D eigenvalue weighted by molar-refractivity contribution is 5.79. The number of aromatic nitrogens is 5. The Balaban J connectivity index is 1.74.